The average Bonchev–Trinajstić information content (AvgIpc) is 2.02. The highest BCUT2D eigenvalue weighted by Gasteiger charge is 2.04. The number of nitrogens with zero attached hydrogens (tertiary/aromatic N) is 1. The lowest BCUT2D eigenvalue weighted by molar-refractivity contribution is -0.139. The smallest absolute Gasteiger partial charge is 0.311 e. The molecule has 1 heterocycles. The van der Waals surface area contributed by atoms with Gasteiger partial charge < -0.3 is 10.5 Å². The monoisotopic (exact) mass is 180 g/mol. The fraction of sp³-hybridized carbons (Fsp3) is 0.333. The lowest BCUT2D eigenvalue weighted by Crippen LogP contribution is -2.07. The van der Waals surface area contributed by atoms with Gasteiger partial charge in [-0.1, -0.05) is 0 Å². The Morgan fingerprint density at radius 3 is 2.85 bits per heavy atom. The number of esters is 1. The molecule has 1 aromatic heterocycles. The number of rotatable bonds is 2. The van der Waals surface area contributed by atoms with Crippen LogP contribution in [0, 0.1) is 6.92 Å². The first kappa shape index (κ1) is 9.51. The van der Waals surface area contributed by atoms with E-state index in [9.17, 15) is 4.79 Å². The number of carbonyl (C=O) groups excluding carboxylic acids is 1. The molecule has 0 aromatic carbocycles. The standard InChI is InChI=1S/C9H12N2O2/c1-6-3-7(10)4-8(11-6)5-9(12)13-2/h3-4H,5H2,1-2H3,(H2,10,11). The summed E-state index contributed by atoms with van der Waals surface area (Å²) in [6.45, 7) is 1.83. The molecule has 0 saturated heterocycles. The molecule has 4 heteroatoms. The van der Waals surface area contributed by atoms with E-state index in [0.717, 1.165) is 5.69 Å². The largest absolute Gasteiger partial charge is 0.469 e. The number of nitrogens with two attached hydrogens (primary N) is 1. The molecule has 1 aromatic rings. The molecule has 0 bridgehead atoms. The number of aromatic nitrogens is 1. The molecule has 70 valence electrons. The summed E-state index contributed by atoms with van der Waals surface area (Å²) < 4.78 is 4.51. The first-order chi connectivity index (χ1) is 6.11. The zero-order chi connectivity index (χ0) is 9.84. The van der Waals surface area contributed by atoms with Crippen LogP contribution in [0.2, 0.25) is 0 Å². The number of aryl methyl sites for hydroxylation is 1. The van der Waals surface area contributed by atoms with Gasteiger partial charge >= 0.3 is 5.97 Å². The minimum Gasteiger partial charge on any atom is -0.469 e. The van der Waals surface area contributed by atoms with Gasteiger partial charge in [-0.3, -0.25) is 9.78 Å². The van der Waals surface area contributed by atoms with Crippen molar-refractivity contribution in [2.24, 2.45) is 0 Å². The number of ether oxygens (including phenoxy) is 1. The van der Waals surface area contributed by atoms with Crippen LogP contribution in [0.5, 0.6) is 0 Å². The molecule has 13 heavy (non-hydrogen) atoms. The van der Waals surface area contributed by atoms with Crippen LogP contribution in [0.1, 0.15) is 11.4 Å². The summed E-state index contributed by atoms with van der Waals surface area (Å²) in [6.07, 6.45) is 0.169. The molecule has 0 radical (unpaired) electrons. The van der Waals surface area contributed by atoms with E-state index in [0.29, 0.717) is 11.4 Å². The second-order valence-electron chi connectivity index (χ2n) is 2.79. The van der Waals surface area contributed by atoms with Crippen molar-refractivity contribution in [1.82, 2.24) is 4.98 Å². The van der Waals surface area contributed by atoms with Crippen molar-refractivity contribution in [2.75, 3.05) is 12.8 Å². The van der Waals surface area contributed by atoms with E-state index in [1.807, 2.05) is 6.92 Å². The molecule has 0 amide bonds. The van der Waals surface area contributed by atoms with Gasteiger partial charge in [0.15, 0.2) is 0 Å². The van der Waals surface area contributed by atoms with E-state index in [1.165, 1.54) is 7.11 Å². The molecule has 0 fully saturated rings. The minimum absolute atomic E-state index is 0.169. The molecule has 0 unspecified atom stereocenters. The average molecular weight is 180 g/mol. The highest BCUT2D eigenvalue weighted by molar-refractivity contribution is 5.72. The van der Waals surface area contributed by atoms with E-state index in [4.69, 9.17) is 5.73 Å². The molecule has 0 aliphatic carbocycles. The number of hydrogen-bond donors (Lipinski definition) is 1. The van der Waals surface area contributed by atoms with Crippen LogP contribution in [0.25, 0.3) is 0 Å². The van der Waals surface area contributed by atoms with Crippen molar-refractivity contribution < 1.29 is 9.53 Å². The number of anilines is 1. The van der Waals surface area contributed by atoms with Crippen molar-refractivity contribution >= 4 is 11.7 Å². The van der Waals surface area contributed by atoms with Gasteiger partial charge in [0.25, 0.3) is 0 Å². The van der Waals surface area contributed by atoms with Crippen LogP contribution in [-0.2, 0) is 16.0 Å². The zero-order valence-electron chi connectivity index (χ0n) is 7.70. The van der Waals surface area contributed by atoms with Crippen molar-refractivity contribution in [3.63, 3.8) is 0 Å². The Balaban J connectivity index is 2.83. The van der Waals surface area contributed by atoms with Crippen molar-refractivity contribution in [3.8, 4) is 0 Å². The second-order valence-corrected chi connectivity index (χ2v) is 2.79. The molecule has 0 spiro atoms. The normalized spacial score (nSPS) is 9.69. The minimum atomic E-state index is -0.308. The summed E-state index contributed by atoms with van der Waals surface area (Å²) in [7, 11) is 1.35. The molecular weight excluding hydrogens is 168 g/mol. The molecule has 0 aliphatic heterocycles. The summed E-state index contributed by atoms with van der Waals surface area (Å²) in [5.41, 5.74) is 7.65. The number of methoxy groups -OCH3 is 1. The Bertz CT molecular complexity index is 303. The maximum Gasteiger partial charge on any atom is 0.311 e. The third-order valence-electron chi connectivity index (χ3n) is 1.58. The highest BCUT2D eigenvalue weighted by Crippen LogP contribution is 2.07. The van der Waals surface area contributed by atoms with Gasteiger partial charge in [-0.15, -0.1) is 0 Å². The molecule has 1 rings (SSSR count). The molecular formula is C9H12N2O2. The Morgan fingerprint density at radius 1 is 1.62 bits per heavy atom. The van der Waals surface area contributed by atoms with Crippen LogP contribution >= 0.6 is 0 Å². The van der Waals surface area contributed by atoms with Crippen LogP contribution < -0.4 is 5.73 Å². The van der Waals surface area contributed by atoms with Gasteiger partial charge in [-0.2, -0.15) is 0 Å². The van der Waals surface area contributed by atoms with Crippen molar-refractivity contribution in [3.05, 3.63) is 23.5 Å². The maximum atomic E-state index is 10.9. The summed E-state index contributed by atoms with van der Waals surface area (Å²) in [5.74, 6) is -0.308. The molecule has 2 N–H and O–H groups in total. The predicted molar refractivity (Wildman–Crippen MR) is 49.1 cm³/mol. The van der Waals surface area contributed by atoms with Gasteiger partial charge in [0, 0.05) is 11.4 Å². The SMILES string of the molecule is COC(=O)Cc1cc(N)cc(C)n1. The lowest BCUT2D eigenvalue weighted by atomic mass is 10.2. The van der Waals surface area contributed by atoms with E-state index < -0.39 is 0 Å². The number of nitrogen functional groups attached to an aromatic ring is 1. The Kier molecular flexibility index (Phi) is 2.84. The van der Waals surface area contributed by atoms with Gasteiger partial charge in [0.05, 0.1) is 19.2 Å². The number of carbonyl (C=O) groups is 1. The fourth-order valence-electron chi connectivity index (χ4n) is 1.08. The molecule has 0 atom stereocenters. The first-order valence-corrected chi connectivity index (χ1v) is 3.91. The first-order valence-electron chi connectivity index (χ1n) is 3.91. The third kappa shape index (κ3) is 2.74. The second kappa shape index (κ2) is 3.89. The summed E-state index contributed by atoms with van der Waals surface area (Å²) >= 11 is 0. The van der Waals surface area contributed by atoms with Crippen molar-refractivity contribution in [1.29, 1.82) is 0 Å². The summed E-state index contributed by atoms with van der Waals surface area (Å²) in [4.78, 5) is 15.0. The molecule has 0 saturated carbocycles. The summed E-state index contributed by atoms with van der Waals surface area (Å²) in [6, 6.07) is 3.42. The number of hydrogen-bond acceptors (Lipinski definition) is 4. The Hall–Kier alpha value is -1.58. The van der Waals surface area contributed by atoms with Gasteiger partial charge in [-0.25, -0.2) is 0 Å². The van der Waals surface area contributed by atoms with Crippen LogP contribution in [0.4, 0.5) is 5.69 Å². The molecule has 0 aliphatic rings. The van der Waals surface area contributed by atoms with Crippen LogP contribution in [-0.4, -0.2) is 18.1 Å². The predicted octanol–water partition coefficient (Wildman–Crippen LogP) is 0.688. The van der Waals surface area contributed by atoms with E-state index in [1.54, 1.807) is 12.1 Å². The van der Waals surface area contributed by atoms with Crippen LogP contribution in [0.3, 0.4) is 0 Å². The highest BCUT2D eigenvalue weighted by atomic mass is 16.5. The number of pyridine rings is 1. The van der Waals surface area contributed by atoms with Gasteiger partial charge in [0.1, 0.15) is 0 Å². The lowest BCUT2D eigenvalue weighted by Gasteiger charge is -2.02. The maximum absolute atomic E-state index is 10.9. The van der Waals surface area contributed by atoms with E-state index in [-0.39, 0.29) is 12.4 Å². The van der Waals surface area contributed by atoms with Crippen molar-refractivity contribution in [2.45, 2.75) is 13.3 Å². The van der Waals surface area contributed by atoms with E-state index in [2.05, 4.69) is 9.72 Å². The van der Waals surface area contributed by atoms with Gasteiger partial charge in [0.2, 0.25) is 0 Å². The fourth-order valence-corrected chi connectivity index (χ4v) is 1.08. The van der Waals surface area contributed by atoms with Gasteiger partial charge in [-0.05, 0) is 19.1 Å². The topological polar surface area (TPSA) is 65.2 Å². The summed E-state index contributed by atoms with van der Waals surface area (Å²) in [5, 5.41) is 0. The van der Waals surface area contributed by atoms with Crippen LogP contribution in [0.15, 0.2) is 12.1 Å². The van der Waals surface area contributed by atoms with E-state index >= 15 is 0 Å². The Morgan fingerprint density at radius 2 is 2.31 bits per heavy atom. The third-order valence-corrected chi connectivity index (χ3v) is 1.58. The molecule has 4 nitrogen and oxygen atoms in total. The Labute approximate surface area is 76.7 Å². The quantitative estimate of drug-likeness (QED) is 0.680. The zero-order valence-corrected chi connectivity index (χ0v) is 7.70.